The van der Waals surface area contributed by atoms with Crippen LogP contribution in [0.2, 0.25) is 0 Å². The zero-order valence-electron chi connectivity index (χ0n) is 13.2. The van der Waals surface area contributed by atoms with Gasteiger partial charge >= 0.3 is 5.97 Å². The molecule has 1 aromatic carbocycles. The van der Waals surface area contributed by atoms with Crippen LogP contribution < -0.4 is 5.32 Å². The highest BCUT2D eigenvalue weighted by Gasteiger charge is 2.29. The van der Waals surface area contributed by atoms with Gasteiger partial charge in [-0.15, -0.1) is 0 Å². The lowest BCUT2D eigenvalue weighted by molar-refractivity contribution is -0.135. The smallest absolute Gasteiger partial charge is 0.333 e. The average Bonchev–Trinajstić information content (AvgIpc) is 2.84. The van der Waals surface area contributed by atoms with Crippen LogP contribution in [-0.2, 0) is 19.1 Å². The first kappa shape index (κ1) is 17.1. The molecule has 2 rings (SSSR count). The van der Waals surface area contributed by atoms with Gasteiger partial charge in [-0.25, -0.2) is 4.79 Å². The number of carbonyl (C=O) groups is 3. The number of benzene rings is 1. The van der Waals surface area contributed by atoms with Crippen molar-refractivity contribution in [3.63, 3.8) is 0 Å². The third-order valence-corrected chi connectivity index (χ3v) is 4.56. The topological polar surface area (TPSA) is 75.7 Å². The van der Waals surface area contributed by atoms with Crippen molar-refractivity contribution in [1.82, 2.24) is 4.90 Å². The van der Waals surface area contributed by atoms with Gasteiger partial charge in [-0.1, -0.05) is 23.9 Å². The van der Waals surface area contributed by atoms with E-state index in [1.807, 2.05) is 32.0 Å². The number of hydrogen-bond donors (Lipinski definition) is 1. The van der Waals surface area contributed by atoms with Crippen LogP contribution in [0.1, 0.15) is 11.1 Å². The molecular weight excluding hydrogens is 316 g/mol. The molecule has 0 bridgehead atoms. The molecule has 0 saturated carbocycles. The van der Waals surface area contributed by atoms with E-state index in [1.165, 1.54) is 29.8 Å². The van der Waals surface area contributed by atoms with Crippen molar-refractivity contribution in [3.05, 3.63) is 40.4 Å². The molecular formula is C16H18N2O4S. The predicted octanol–water partition coefficient (Wildman–Crippen LogP) is 1.83. The Hall–Kier alpha value is -2.28. The van der Waals surface area contributed by atoms with E-state index in [2.05, 4.69) is 10.1 Å². The summed E-state index contributed by atoms with van der Waals surface area (Å²) in [7, 11) is 1.26. The number of methoxy groups -OCH3 is 1. The first-order valence-corrected chi connectivity index (χ1v) is 8.00. The van der Waals surface area contributed by atoms with Crippen molar-refractivity contribution < 1.29 is 19.1 Å². The summed E-state index contributed by atoms with van der Waals surface area (Å²) < 4.78 is 4.56. The van der Waals surface area contributed by atoms with Crippen LogP contribution in [0.3, 0.4) is 0 Å². The standard InChI is InChI=1S/C16H18N2O4S/c1-10-5-4-6-12(11(10)2)17-13(19)8-18-14(20)9-23-15(18)7-16(21)22-3/h4-7H,8-9H2,1-3H3,(H,17,19). The number of amides is 2. The second-order valence-electron chi connectivity index (χ2n) is 5.07. The van der Waals surface area contributed by atoms with Gasteiger partial charge in [0.2, 0.25) is 11.8 Å². The summed E-state index contributed by atoms with van der Waals surface area (Å²) in [6, 6.07) is 5.63. The van der Waals surface area contributed by atoms with E-state index < -0.39 is 5.97 Å². The number of ether oxygens (including phenoxy) is 1. The maximum absolute atomic E-state index is 12.2. The van der Waals surface area contributed by atoms with Gasteiger partial charge in [-0.2, -0.15) is 0 Å². The lowest BCUT2D eigenvalue weighted by Gasteiger charge is -2.17. The number of hydrogen-bond acceptors (Lipinski definition) is 5. The molecule has 1 aliphatic heterocycles. The van der Waals surface area contributed by atoms with Crippen molar-refractivity contribution in [3.8, 4) is 0 Å². The van der Waals surface area contributed by atoms with Crippen LogP contribution >= 0.6 is 11.8 Å². The number of rotatable bonds is 4. The molecule has 0 atom stereocenters. The zero-order valence-corrected chi connectivity index (χ0v) is 14.0. The Kier molecular flexibility index (Phi) is 5.44. The first-order valence-electron chi connectivity index (χ1n) is 7.01. The number of esters is 1. The van der Waals surface area contributed by atoms with Crippen LogP contribution in [-0.4, -0.2) is 42.1 Å². The molecule has 1 N–H and O–H groups in total. The molecule has 2 amide bonds. The fourth-order valence-corrected chi connectivity index (χ4v) is 3.01. The molecule has 0 unspecified atom stereocenters. The Bertz CT molecular complexity index is 685. The largest absolute Gasteiger partial charge is 0.466 e. The number of anilines is 1. The van der Waals surface area contributed by atoms with Crippen molar-refractivity contribution in [2.45, 2.75) is 13.8 Å². The highest BCUT2D eigenvalue weighted by atomic mass is 32.2. The van der Waals surface area contributed by atoms with Gasteiger partial charge in [-0.3, -0.25) is 14.5 Å². The summed E-state index contributed by atoms with van der Waals surface area (Å²) >= 11 is 1.21. The quantitative estimate of drug-likeness (QED) is 0.671. The van der Waals surface area contributed by atoms with Crippen molar-refractivity contribution in [1.29, 1.82) is 0 Å². The second kappa shape index (κ2) is 7.32. The van der Waals surface area contributed by atoms with E-state index in [0.717, 1.165) is 11.1 Å². The van der Waals surface area contributed by atoms with Crippen LogP contribution in [0, 0.1) is 13.8 Å². The molecule has 122 valence electrons. The van der Waals surface area contributed by atoms with E-state index in [4.69, 9.17) is 0 Å². The maximum Gasteiger partial charge on any atom is 0.333 e. The number of nitrogens with one attached hydrogen (secondary N) is 1. The normalized spacial score (nSPS) is 15.9. The Balaban J connectivity index is 2.09. The minimum absolute atomic E-state index is 0.137. The average molecular weight is 334 g/mol. The van der Waals surface area contributed by atoms with Crippen molar-refractivity contribution >= 4 is 35.2 Å². The van der Waals surface area contributed by atoms with Gasteiger partial charge in [-0.05, 0) is 31.0 Å². The molecule has 1 aromatic rings. The van der Waals surface area contributed by atoms with E-state index >= 15 is 0 Å². The molecule has 1 aliphatic rings. The molecule has 23 heavy (non-hydrogen) atoms. The molecule has 7 heteroatoms. The van der Waals surface area contributed by atoms with Crippen LogP contribution in [0.15, 0.2) is 29.3 Å². The van der Waals surface area contributed by atoms with Crippen LogP contribution in [0.4, 0.5) is 5.69 Å². The summed E-state index contributed by atoms with van der Waals surface area (Å²) in [5, 5.41) is 3.23. The highest BCUT2D eigenvalue weighted by molar-refractivity contribution is 8.04. The molecule has 1 fully saturated rings. The third-order valence-electron chi connectivity index (χ3n) is 3.53. The van der Waals surface area contributed by atoms with Gasteiger partial charge in [0.1, 0.15) is 6.54 Å². The molecule has 0 spiro atoms. The Morgan fingerprint density at radius 2 is 2.13 bits per heavy atom. The molecule has 1 saturated heterocycles. The maximum atomic E-state index is 12.2. The van der Waals surface area contributed by atoms with Gasteiger partial charge in [0.05, 0.1) is 24.0 Å². The molecule has 0 aliphatic carbocycles. The summed E-state index contributed by atoms with van der Waals surface area (Å²) in [4.78, 5) is 36.7. The molecule has 1 heterocycles. The first-order chi connectivity index (χ1) is 10.9. The second-order valence-corrected chi connectivity index (χ2v) is 6.07. The minimum atomic E-state index is -0.554. The third kappa shape index (κ3) is 4.13. The fourth-order valence-electron chi connectivity index (χ4n) is 2.08. The number of thioether (sulfide) groups is 1. The van der Waals surface area contributed by atoms with E-state index in [9.17, 15) is 14.4 Å². The molecule has 6 nitrogen and oxygen atoms in total. The van der Waals surface area contributed by atoms with Gasteiger partial charge < -0.3 is 10.1 Å². The Morgan fingerprint density at radius 3 is 2.83 bits per heavy atom. The van der Waals surface area contributed by atoms with E-state index in [0.29, 0.717) is 10.7 Å². The monoisotopic (exact) mass is 334 g/mol. The summed E-state index contributed by atoms with van der Waals surface area (Å²) in [5.41, 5.74) is 2.77. The summed E-state index contributed by atoms with van der Waals surface area (Å²) in [6.45, 7) is 3.75. The predicted molar refractivity (Wildman–Crippen MR) is 88.8 cm³/mol. The zero-order chi connectivity index (χ0) is 17.0. The summed E-state index contributed by atoms with van der Waals surface area (Å²) in [6.07, 6.45) is 1.22. The minimum Gasteiger partial charge on any atom is -0.466 e. The Labute approximate surface area is 138 Å². The van der Waals surface area contributed by atoms with Crippen LogP contribution in [0.25, 0.3) is 0 Å². The van der Waals surface area contributed by atoms with Crippen molar-refractivity contribution in [2.75, 3.05) is 24.7 Å². The number of aryl methyl sites for hydroxylation is 1. The van der Waals surface area contributed by atoms with Gasteiger partial charge in [0, 0.05) is 5.69 Å². The SMILES string of the molecule is COC(=O)C=C1SCC(=O)N1CC(=O)Nc1cccc(C)c1C. The fraction of sp³-hybridized carbons (Fsp3) is 0.312. The van der Waals surface area contributed by atoms with Gasteiger partial charge in [0.25, 0.3) is 0 Å². The van der Waals surface area contributed by atoms with Crippen LogP contribution in [0.5, 0.6) is 0 Å². The number of carbonyl (C=O) groups excluding carboxylic acids is 3. The molecule has 0 aromatic heterocycles. The highest BCUT2D eigenvalue weighted by Crippen LogP contribution is 2.28. The summed E-state index contributed by atoms with van der Waals surface area (Å²) in [5.74, 6) is -0.867. The lowest BCUT2D eigenvalue weighted by Crippen LogP contribution is -2.34. The molecule has 0 radical (unpaired) electrons. The lowest BCUT2D eigenvalue weighted by atomic mass is 10.1. The number of nitrogens with zero attached hydrogens (tertiary/aromatic N) is 1. The Morgan fingerprint density at radius 1 is 1.39 bits per heavy atom. The van der Waals surface area contributed by atoms with E-state index in [-0.39, 0.29) is 24.1 Å². The van der Waals surface area contributed by atoms with Gasteiger partial charge in [0.15, 0.2) is 0 Å². The van der Waals surface area contributed by atoms with Crippen molar-refractivity contribution in [2.24, 2.45) is 0 Å². The van der Waals surface area contributed by atoms with E-state index in [1.54, 1.807) is 0 Å².